The average molecular weight is 228 g/mol. The van der Waals surface area contributed by atoms with Gasteiger partial charge in [-0.3, -0.25) is 4.90 Å². The first kappa shape index (κ1) is 12.3. The van der Waals surface area contributed by atoms with E-state index < -0.39 is 0 Å². The van der Waals surface area contributed by atoms with Gasteiger partial charge in [0.2, 0.25) is 0 Å². The van der Waals surface area contributed by atoms with Gasteiger partial charge in [0.25, 0.3) is 0 Å². The van der Waals surface area contributed by atoms with Crippen LogP contribution in [0, 0.1) is 5.92 Å². The summed E-state index contributed by atoms with van der Waals surface area (Å²) < 4.78 is 5.55. The number of hydrogen-bond acceptors (Lipinski definition) is 4. The van der Waals surface area contributed by atoms with Crippen LogP contribution in [0.15, 0.2) is 0 Å². The number of nitrogens with one attached hydrogen (secondary N) is 1. The van der Waals surface area contributed by atoms with Crippen LogP contribution in [0.3, 0.4) is 0 Å². The lowest BCUT2D eigenvalue weighted by molar-refractivity contribution is -0.0822. The van der Waals surface area contributed by atoms with E-state index in [0.29, 0.717) is 6.04 Å². The van der Waals surface area contributed by atoms with Gasteiger partial charge in [-0.2, -0.15) is 0 Å². The zero-order valence-corrected chi connectivity index (χ0v) is 10.2. The monoisotopic (exact) mass is 228 g/mol. The molecule has 4 heteroatoms. The number of rotatable bonds is 3. The lowest BCUT2D eigenvalue weighted by Crippen LogP contribution is -2.51. The molecule has 4 nitrogen and oxygen atoms in total. The van der Waals surface area contributed by atoms with Crippen molar-refractivity contribution in [2.24, 2.45) is 5.92 Å². The van der Waals surface area contributed by atoms with Crippen LogP contribution in [0.5, 0.6) is 0 Å². The van der Waals surface area contributed by atoms with E-state index in [-0.39, 0.29) is 12.7 Å². The van der Waals surface area contributed by atoms with Crippen molar-refractivity contribution in [3.05, 3.63) is 0 Å². The first-order chi connectivity index (χ1) is 7.79. The highest BCUT2D eigenvalue weighted by atomic mass is 16.5. The molecule has 2 atom stereocenters. The summed E-state index contributed by atoms with van der Waals surface area (Å²) in [6.45, 7) is 7.50. The topological polar surface area (TPSA) is 44.7 Å². The van der Waals surface area contributed by atoms with Gasteiger partial charge in [0.15, 0.2) is 0 Å². The molecule has 0 aromatic heterocycles. The van der Waals surface area contributed by atoms with Crippen LogP contribution in [0.1, 0.15) is 19.8 Å². The van der Waals surface area contributed by atoms with Crippen molar-refractivity contribution in [2.75, 3.05) is 39.4 Å². The standard InChI is InChI=1S/C12H24N2O2/c1-10-9-16-12(8-15)7-14(10)6-11-2-4-13-5-3-11/h10-13,15H,2-9H2,1H3/t10-,12+/m0/s1. The molecule has 16 heavy (non-hydrogen) atoms. The number of morpholine rings is 1. The molecule has 0 aromatic carbocycles. The normalized spacial score (nSPS) is 34.1. The maximum absolute atomic E-state index is 9.14. The zero-order valence-electron chi connectivity index (χ0n) is 10.2. The molecule has 2 N–H and O–H groups in total. The summed E-state index contributed by atoms with van der Waals surface area (Å²) >= 11 is 0. The van der Waals surface area contributed by atoms with Crippen LogP contribution in [-0.2, 0) is 4.74 Å². The van der Waals surface area contributed by atoms with E-state index in [0.717, 1.165) is 32.2 Å². The van der Waals surface area contributed by atoms with Gasteiger partial charge >= 0.3 is 0 Å². The van der Waals surface area contributed by atoms with Gasteiger partial charge in [0.05, 0.1) is 19.3 Å². The van der Waals surface area contributed by atoms with E-state index in [9.17, 15) is 0 Å². The molecule has 94 valence electrons. The van der Waals surface area contributed by atoms with Crippen LogP contribution in [-0.4, -0.2) is 61.5 Å². The maximum Gasteiger partial charge on any atom is 0.0933 e. The van der Waals surface area contributed by atoms with Gasteiger partial charge in [-0.25, -0.2) is 0 Å². The van der Waals surface area contributed by atoms with Crippen LogP contribution in [0.25, 0.3) is 0 Å². The van der Waals surface area contributed by atoms with Crippen molar-refractivity contribution in [3.8, 4) is 0 Å². The van der Waals surface area contributed by atoms with E-state index >= 15 is 0 Å². The van der Waals surface area contributed by atoms with Crippen molar-refractivity contribution >= 4 is 0 Å². The van der Waals surface area contributed by atoms with Crippen LogP contribution >= 0.6 is 0 Å². The number of aliphatic hydroxyl groups is 1. The Kier molecular flexibility index (Phi) is 4.58. The summed E-state index contributed by atoms with van der Waals surface area (Å²) in [5.41, 5.74) is 0. The minimum atomic E-state index is 0.0258. The highest BCUT2D eigenvalue weighted by molar-refractivity contribution is 4.80. The molecular formula is C12H24N2O2. The number of aliphatic hydroxyl groups excluding tert-OH is 1. The first-order valence-electron chi connectivity index (χ1n) is 6.47. The molecule has 0 radical (unpaired) electrons. The molecule has 0 unspecified atom stereocenters. The summed E-state index contributed by atoms with van der Waals surface area (Å²) in [6, 6.07) is 0.498. The van der Waals surface area contributed by atoms with E-state index in [2.05, 4.69) is 17.1 Å². The largest absolute Gasteiger partial charge is 0.394 e. The molecule has 2 aliphatic rings. The van der Waals surface area contributed by atoms with Gasteiger partial charge in [-0.1, -0.05) is 0 Å². The van der Waals surface area contributed by atoms with Crippen molar-refractivity contribution in [3.63, 3.8) is 0 Å². The highest BCUT2D eigenvalue weighted by Crippen LogP contribution is 2.18. The molecule has 2 saturated heterocycles. The van der Waals surface area contributed by atoms with Gasteiger partial charge in [0, 0.05) is 19.1 Å². The zero-order chi connectivity index (χ0) is 11.4. The molecular weight excluding hydrogens is 204 g/mol. The summed E-state index contributed by atoms with van der Waals surface area (Å²) in [5.74, 6) is 0.821. The number of nitrogens with zero attached hydrogens (tertiary/aromatic N) is 1. The fourth-order valence-corrected chi connectivity index (χ4v) is 2.64. The van der Waals surface area contributed by atoms with Crippen molar-refractivity contribution in [1.29, 1.82) is 0 Å². The smallest absolute Gasteiger partial charge is 0.0933 e. The van der Waals surface area contributed by atoms with E-state index in [1.807, 2.05) is 0 Å². The molecule has 0 saturated carbocycles. The number of piperidine rings is 1. The maximum atomic E-state index is 9.14. The molecule has 2 rings (SSSR count). The Labute approximate surface area is 98.0 Å². The summed E-state index contributed by atoms with van der Waals surface area (Å²) in [4.78, 5) is 2.49. The Hall–Kier alpha value is -0.160. The van der Waals surface area contributed by atoms with Gasteiger partial charge in [0.1, 0.15) is 0 Å². The molecule has 0 spiro atoms. The van der Waals surface area contributed by atoms with Crippen LogP contribution in [0.4, 0.5) is 0 Å². The summed E-state index contributed by atoms with van der Waals surface area (Å²) in [6.07, 6.45) is 2.60. The molecule has 2 heterocycles. The Balaban J connectivity index is 1.81. The third kappa shape index (κ3) is 3.17. The van der Waals surface area contributed by atoms with Crippen molar-refractivity contribution < 1.29 is 9.84 Å². The Morgan fingerprint density at radius 1 is 1.38 bits per heavy atom. The Bertz CT molecular complexity index is 207. The first-order valence-corrected chi connectivity index (χ1v) is 6.47. The number of hydrogen-bond donors (Lipinski definition) is 2. The summed E-state index contributed by atoms with van der Waals surface area (Å²) in [5, 5.41) is 12.5. The predicted octanol–water partition coefficient (Wildman–Crippen LogP) is 0.0676. The molecule has 2 aliphatic heterocycles. The van der Waals surface area contributed by atoms with Crippen molar-refractivity contribution in [2.45, 2.75) is 31.9 Å². The average Bonchev–Trinajstić information content (AvgIpc) is 2.33. The SMILES string of the molecule is C[C@H]1CO[C@@H](CO)CN1CC1CCNCC1. The second-order valence-corrected chi connectivity index (χ2v) is 5.13. The second kappa shape index (κ2) is 5.96. The second-order valence-electron chi connectivity index (χ2n) is 5.13. The van der Waals surface area contributed by atoms with E-state index in [4.69, 9.17) is 9.84 Å². The fraction of sp³-hybridized carbons (Fsp3) is 1.00. The number of ether oxygens (including phenoxy) is 1. The quantitative estimate of drug-likeness (QED) is 0.717. The molecule has 0 aromatic rings. The van der Waals surface area contributed by atoms with E-state index in [1.54, 1.807) is 0 Å². The highest BCUT2D eigenvalue weighted by Gasteiger charge is 2.27. The lowest BCUT2D eigenvalue weighted by Gasteiger charge is -2.40. The van der Waals surface area contributed by atoms with Gasteiger partial charge in [-0.15, -0.1) is 0 Å². The van der Waals surface area contributed by atoms with Gasteiger partial charge in [-0.05, 0) is 38.8 Å². The lowest BCUT2D eigenvalue weighted by atomic mass is 9.96. The van der Waals surface area contributed by atoms with E-state index in [1.165, 1.54) is 19.4 Å². The molecule has 0 aliphatic carbocycles. The third-order valence-corrected chi connectivity index (χ3v) is 3.79. The minimum absolute atomic E-state index is 0.0258. The van der Waals surface area contributed by atoms with Gasteiger partial charge < -0.3 is 15.2 Å². The minimum Gasteiger partial charge on any atom is -0.394 e. The molecule has 0 bridgehead atoms. The third-order valence-electron chi connectivity index (χ3n) is 3.79. The molecule has 0 amide bonds. The van der Waals surface area contributed by atoms with Crippen LogP contribution < -0.4 is 5.32 Å². The predicted molar refractivity (Wildman–Crippen MR) is 63.5 cm³/mol. The van der Waals surface area contributed by atoms with Crippen LogP contribution in [0.2, 0.25) is 0 Å². The Morgan fingerprint density at radius 3 is 2.81 bits per heavy atom. The Morgan fingerprint density at radius 2 is 2.12 bits per heavy atom. The van der Waals surface area contributed by atoms with Crippen molar-refractivity contribution in [1.82, 2.24) is 10.2 Å². The molecule has 2 fully saturated rings. The fourth-order valence-electron chi connectivity index (χ4n) is 2.64. The summed E-state index contributed by atoms with van der Waals surface area (Å²) in [7, 11) is 0.